The number of ether oxygens (including phenoxy) is 1. The van der Waals surface area contributed by atoms with Crippen LogP contribution in [-0.2, 0) is 21.4 Å². The molecule has 0 radical (unpaired) electrons. The van der Waals surface area contributed by atoms with Crippen molar-refractivity contribution in [1.29, 1.82) is 0 Å². The summed E-state index contributed by atoms with van der Waals surface area (Å²) in [6.07, 6.45) is 6.20. The van der Waals surface area contributed by atoms with E-state index in [0.717, 1.165) is 5.56 Å². The summed E-state index contributed by atoms with van der Waals surface area (Å²) in [6.45, 7) is 1.89. The summed E-state index contributed by atoms with van der Waals surface area (Å²) >= 11 is 0. The molecule has 172 valence electrons. The van der Waals surface area contributed by atoms with Crippen molar-refractivity contribution in [3.8, 4) is 0 Å². The zero-order valence-corrected chi connectivity index (χ0v) is 19.5. The fourth-order valence-corrected chi connectivity index (χ4v) is 6.14. The van der Waals surface area contributed by atoms with Crippen LogP contribution in [0.15, 0.2) is 53.4 Å². The maximum Gasteiger partial charge on any atom is 0.253 e. The predicted octanol–water partition coefficient (Wildman–Crippen LogP) is 4.03. The number of piperazine rings is 1. The predicted molar refractivity (Wildman–Crippen MR) is 124 cm³/mol. The molecule has 2 aromatic carbocycles. The first kappa shape index (κ1) is 23.0. The highest BCUT2D eigenvalue weighted by Gasteiger charge is 2.30. The molecule has 1 aliphatic heterocycles. The molecule has 1 saturated carbocycles. The SMILES string of the molecule is COCc1ccc(C(=O)N2CCN(S(=O)(=O)c3ccc(C4CCCCC4)cc3)CC2)cc1. The second kappa shape index (κ2) is 10.1. The molecule has 2 fully saturated rings. The highest BCUT2D eigenvalue weighted by atomic mass is 32.2. The third-order valence-electron chi connectivity index (χ3n) is 6.63. The van der Waals surface area contributed by atoms with Crippen LogP contribution in [0.2, 0.25) is 0 Å². The lowest BCUT2D eigenvalue weighted by Crippen LogP contribution is -2.50. The van der Waals surface area contributed by atoms with Crippen LogP contribution in [-0.4, -0.2) is 56.8 Å². The Balaban J connectivity index is 1.37. The normalized spacial score (nSPS) is 18.6. The number of amides is 1. The van der Waals surface area contributed by atoms with Gasteiger partial charge in [0, 0.05) is 38.9 Å². The smallest absolute Gasteiger partial charge is 0.253 e. The number of sulfonamides is 1. The lowest BCUT2D eigenvalue weighted by atomic mass is 9.84. The van der Waals surface area contributed by atoms with Crippen molar-refractivity contribution < 1.29 is 17.9 Å². The van der Waals surface area contributed by atoms with Crippen LogP contribution in [0.4, 0.5) is 0 Å². The number of carbonyl (C=O) groups is 1. The summed E-state index contributed by atoms with van der Waals surface area (Å²) in [5.41, 5.74) is 2.87. The van der Waals surface area contributed by atoms with Crippen LogP contribution in [0.3, 0.4) is 0 Å². The van der Waals surface area contributed by atoms with Gasteiger partial charge in [-0.2, -0.15) is 4.31 Å². The van der Waals surface area contributed by atoms with E-state index in [1.54, 1.807) is 36.3 Å². The number of nitrogens with zero attached hydrogens (tertiary/aromatic N) is 2. The van der Waals surface area contributed by atoms with Gasteiger partial charge in [-0.3, -0.25) is 4.79 Å². The third kappa shape index (κ3) is 5.05. The molecule has 2 aliphatic rings. The van der Waals surface area contributed by atoms with Gasteiger partial charge in [0.1, 0.15) is 0 Å². The first-order valence-corrected chi connectivity index (χ1v) is 12.9. The van der Waals surface area contributed by atoms with Crippen LogP contribution >= 0.6 is 0 Å². The Morgan fingerprint density at radius 2 is 1.53 bits per heavy atom. The minimum atomic E-state index is -3.55. The molecule has 7 heteroatoms. The lowest BCUT2D eigenvalue weighted by Gasteiger charge is -2.34. The molecule has 0 bridgehead atoms. The van der Waals surface area contributed by atoms with Crippen LogP contribution in [0.1, 0.15) is 59.5 Å². The van der Waals surface area contributed by atoms with Crippen molar-refractivity contribution in [2.24, 2.45) is 0 Å². The molecule has 32 heavy (non-hydrogen) atoms. The Morgan fingerprint density at radius 1 is 0.906 bits per heavy atom. The molecular formula is C25H32N2O4S. The highest BCUT2D eigenvalue weighted by Crippen LogP contribution is 2.33. The topological polar surface area (TPSA) is 66.9 Å². The number of methoxy groups -OCH3 is 1. The monoisotopic (exact) mass is 456 g/mol. The Bertz CT molecular complexity index is 1000. The van der Waals surface area contributed by atoms with Crippen molar-refractivity contribution in [3.63, 3.8) is 0 Å². The fraction of sp³-hybridized carbons (Fsp3) is 0.480. The van der Waals surface area contributed by atoms with Gasteiger partial charge in [0.2, 0.25) is 10.0 Å². The second-order valence-corrected chi connectivity index (χ2v) is 10.7. The maximum atomic E-state index is 13.1. The van der Waals surface area contributed by atoms with Gasteiger partial charge >= 0.3 is 0 Å². The van der Waals surface area contributed by atoms with E-state index in [4.69, 9.17) is 4.74 Å². The average molecular weight is 457 g/mol. The lowest BCUT2D eigenvalue weighted by molar-refractivity contribution is 0.0698. The van der Waals surface area contributed by atoms with Crippen LogP contribution in [0.5, 0.6) is 0 Å². The zero-order valence-electron chi connectivity index (χ0n) is 18.7. The van der Waals surface area contributed by atoms with Crippen LogP contribution in [0.25, 0.3) is 0 Å². The number of benzene rings is 2. The zero-order chi connectivity index (χ0) is 22.6. The molecule has 1 amide bonds. The van der Waals surface area contributed by atoms with Gasteiger partial charge < -0.3 is 9.64 Å². The molecule has 4 rings (SSSR count). The van der Waals surface area contributed by atoms with Crippen LogP contribution < -0.4 is 0 Å². The molecule has 0 spiro atoms. The Kier molecular flexibility index (Phi) is 7.28. The molecule has 1 saturated heterocycles. The Hall–Kier alpha value is -2.22. The van der Waals surface area contributed by atoms with E-state index in [0.29, 0.717) is 49.2 Å². The van der Waals surface area contributed by atoms with Gasteiger partial charge in [-0.25, -0.2) is 8.42 Å². The minimum Gasteiger partial charge on any atom is -0.380 e. The molecule has 0 unspecified atom stereocenters. The molecule has 1 heterocycles. The summed E-state index contributed by atoms with van der Waals surface area (Å²) in [6, 6.07) is 14.8. The van der Waals surface area contributed by atoms with Crippen molar-refractivity contribution in [3.05, 3.63) is 65.2 Å². The van der Waals surface area contributed by atoms with E-state index < -0.39 is 10.0 Å². The number of carbonyl (C=O) groups excluding carboxylic acids is 1. The summed E-state index contributed by atoms with van der Waals surface area (Å²) in [5.74, 6) is 0.487. The van der Waals surface area contributed by atoms with Gasteiger partial charge in [0.15, 0.2) is 0 Å². The van der Waals surface area contributed by atoms with E-state index in [1.165, 1.54) is 42.0 Å². The molecule has 0 aromatic heterocycles. The van der Waals surface area contributed by atoms with Gasteiger partial charge in [0.25, 0.3) is 5.91 Å². The van der Waals surface area contributed by atoms with Gasteiger partial charge in [-0.1, -0.05) is 43.5 Å². The first-order valence-electron chi connectivity index (χ1n) is 11.5. The van der Waals surface area contributed by atoms with E-state index in [2.05, 4.69) is 0 Å². The molecule has 0 N–H and O–H groups in total. The summed E-state index contributed by atoms with van der Waals surface area (Å²) in [7, 11) is -1.92. The number of hydrogen-bond acceptors (Lipinski definition) is 4. The Morgan fingerprint density at radius 3 is 2.12 bits per heavy atom. The van der Waals surface area contributed by atoms with Crippen molar-refractivity contribution in [2.45, 2.75) is 49.5 Å². The summed E-state index contributed by atoms with van der Waals surface area (Å²) in [5, 5.41) is 0. The first-order chi connectivity index (χ1) is 15.5. The van der Waals surface area contributed by atoms with Crippen molar-refractivity contribution in [2.75, 3.05) is 33.3 Å². The quantitative estimate of drug-likeness (QED) is 0.658. The Labute approximate surface area is 191 Å². The van der Waals surface area contributed by atoms with E-state index in [1.807, 2.05) is 24.3 Å². The van der Waals surface area contributed by atoms with Crippen molar-refractivity contribution in [1.82, 2.24) is 9.21 Å². The molecule has 2 aromatic rings. The molecule has 0 atom stereocenters. The average Bonchev–Trinajstić information content (AvgIpc) is 2.85. The molecule has 6 nitrogen and oxygen atoms in total. The van der Waals surface area contributed by atoms with E-state index in [-0.39, 0.29) is 5.91 Å². The molecular weight excluding hydrogens is 424 g/mol. The summed E-state index contributed by atoms with van der Waals surface area (Å²) < 4.78 is 32.9. The van der Waals surface area contributed by atoms with E-state index >= 15 is 0 Å². The molecule has 1 aliphatic carbocycles. The fourth-order valence-electron chi connectivity index (χ4n) is 4.72. The van der Waals surface area contributed by atoms with Gasteiger partial charge in [0.05, 0.1) is 11.5 Å². The van der Waals surface area contributed by atoms with Gasteiger partial charge in [-0.15, -0.1) is 0 Å². The minimum absolute atomic E-state index is 0.0668. The maximum absolute atomic E-state index is 13.1. The third-order valence-corrected chi connectivity index (χ3v) is 8.55. The largest absolute Gasteiger partial charge is 0.380 e. The van der Waals surface area contributed by atoms with Crippen LogP contribution in [0, 0.1) is 0 Å². The number of rotatable bonds is 6. The van der Waals surface area contributed by atoms with E-state index in [9.17, 15) is 13.2 Å². The standard InChI is InChI=1S/C25H32N2O4S/c1-31-19-20-7-9-23(10-8-20)25(28)26-15-17-27(18-16-26)32(29,30)24-13-11-22(12-14-24)21-5-3-2-4-6-21/h7-14,21H,2-6,15-19H2,1H3. The second-order valence-electron chi connectivity index (χ2n) is 8.73. The highest BCUT2D eigenvalue weighted by molar-refractivity contribution is 7.89. The van der Waals surface area contributed by atoms with Crippen molar-refractivity contribution >= 4 is 15.9 Å². The van der Waals surface area contributed by atoms with Gasteiger partial charge in [-0.05, 0) is 54.2 Å². The number of hydrogen-bond donors (Lipinski definition) is 0. The summed E-state index contributed by atoms with van der Waals surface area (Å²) in [4.78, 5) is 14.9.